The van der Waals surface area contributed by atoms with Crippen LogP contribution in [-0.4, -0.2) is 21.9 Å². The molecule has 2 heterocycles. The van der Waals surface area contributed by atoms with Crippen molar-refractivity contribution in [2.75, 3.05) is 5.32 Å². The van der Waals surface area contributed by atoms with Crippen molar-refractivity contribution in [1.82, 2.24) is 15.3 Å². The van der Waals surface area contributed by atoms with Crippen LogP contribution in [0.5, 0.6) is 5.75 Å². The van der Waals surface area contributed by atoms with E-state index in [1.165, 1.54) is 19.3 Å². The number of fused-ring (bicyclic) bond motifs is 1. The molecule has 0 spiro atoms. The third kappa shape index (κ3) is 5.85. The van der Waals surface area contributed by atoms with Gasteiger partial charge in [0.25, 0.3) is 5.91 Å². The highest BCUT2D eigenvalue weighted by Gasteiger charge is 2.23. The average molecular weight is 545 g/mol. The van der Waals surface area contributed by atoms with Crippen LogP contribution in [0.1, 0.15) is 53.7 Å². The van der Waals surface area contributed by atoms with Crippen LogP contribution in [0.2, 0.25) is 0 Å². The minimum absolute atomic E-state index is 0.231. The van der Waals surface area contributed by atoms with Crippen molar-refractivity contribution < 1.29 is 9.53 Å². The summed E-state index contributed by atoms with van der Waals surface area (Å²) in [6, 6.07) is 22.0. The quantitative estimate of drug-likeness (QED) is 0.243. The van der Waals surface area contributed by atoms with E-state index in [0.29, 0.717) is 35.2 Å². The number of hydrogen-bond donors (Lipinski definition) is 2. The molecule has 2 N–H and O–H groups in total. The number of hydrogen-bond acceptors (Lipinski definition) is 5. The average Bonchev–Trinajstić information content (AvgIpc) is 2.94. The Morgan fingerprint density at radius 3 is 2.50 bits per heavy atom. The SMILES string of the molecule is O=C(NCc1ccc(OCc2ccccc2)cc1)c1nc(Br)c2cccnc2c1NC1CCCCC1. The lowest BCUT2D eigenvalue weighted by Crippen LogP contribution is -2.28. The van der Waals surface area contributed by atoms with Gasteiger partial charge in [-0.05, 0) is 64.2 Å². The lowest BCUT2D eigenvalue weighted by atomic mass is 9.95. The van der Waals surface area contributed by atoms with E-state index >= 15 is 0 Å². The molecule has 1 fully saturated rings. The fourth-order valence-electron chi connectivity index (χ4n) is 4.56. The Hall–Kier alpha value is -3.45. The predicted molar refractivity (Wildman–Crippen MR) is 146 cm³/mol. The highest BCUT2D eigenvalue weighted by Crippen LogP contribution is 2.32. The van der Waals surface area contributed by atoms with Crippen LogP contribution in [0.4, 0.5) is 5.69 Å². The van der Waals surface area contributed by atoms with Gasteiger partial charge in [0.15, 0.2) is 5.69 Å². The van der Waals surface area contributed by atoms with Crippen LogP contribution >= 0.6 is 15.9 Å². The van der Waals surface area contributed by atoms with Crippen molar-refractivity contribution in [3.05, 3.63) is 94.4 Å². The van der Waals surface area contributed by atoms with E-state index in [1.807, 2.05) is 66.7 Å². The molecule has 7 heteroatoms. The minimum atomic E-state index is -0.231. The highest BCUT2D eigenvalue weighted by atomic mass is 79.9. The summed E-state index contributed by atoms with van der Waals surface area (Å²) in [5.41, 5.74) is 3.93. The molecule has 1 aliphatic rings. The summed E-state index contributed by atoms with van der Waals surface area (Å²) in [7, 11) is 0. The molecule has 2 aromatic carbocycles. The van der Waals surface area contributed by atoms with Crippen LogP contribution in [-0.2, 0) is 13.2 Å². The zero-order valence-corrected chi connectivity index (χ0v) is 21.6. The fraction of sp³-hybridized carbons (Fsp3) is 0.276. The molecule has 1 amide bonds. The third-order valence-electron chi connectivity index (χ3n) is 6.51. The molecule has 6 nitrogen and oxygen atoms in total. The molecule has 0 bridgehead atoms. The maximum atomic E-state index is 13.3. The van der Waals surface area contributed by atoms with E-state index in [-0.39, 0.29) is 5.91 Å². The Morgan fingerprint density at radius 1 is 0.944 bits per heavy atom. The van der Waals surface area contributed by atoms with Crippen LogP contribution in [0, 0.1) is 0 Å². The Labute approximate surface area is 219 Å². The van der Waals surface area contributed by atoms with Crippen molar-refractivity contribution in [2.24, 2.45) is 0 Å². The number of aromatic nitrogens is 2. The smallest absolute Gasteiger partial charge is 0.272 e. The summed E-state index contributed by atoms with van der Waals surface area (Å²) in [6.45, 7) is 0.907. The second kappa shape index (κ2) is 11.5. The van der Waals surface area contributed by atoms with Gasteiger partial charge in [-0.25, -0.2) is 4.98 Å². The van der Waals surface area contributed by atoms with E-state index < -0.39 is 0 Å². The zero-order chi connectivity index (χ0) is 24.7. The Kier molecular flexibility index (Phi) is 7.76. The van der Waals surface area contributed by atoms with Crippen molar-refractivity contribution in [3.63, 3.8) is 0 Å². The largest absolute Gasteiger partial charge is 0.489 e. The second-order valence-electron chi connectivity index (χ2n) is 9.11. The van der Waals surface area contributed by atoms with E-state index in [4.69, 9.17) is 4.74 Å². The van der Waals surface area contributed by atoms with Gasteiger partial charge in [-0.15, -0.1) is 0 Å². The van der Waals surface area contributed by atoms with E-state index in [1.54, 1.807) is 6.20 Å². The van der Waals surface area contributed by atoms with Gasteiger partial charge in [0.05, 0.1) is 11.2 Å². The Morgan fingerprint density at radius 2 is 1.72 bits per heavy atom. The molecule has 0 aliphatic heterocycles. The summed E-state index contributed by atoms with van der Waals surface area (Å²) < 4.78 is 6.48. The molecule has 36 heavy (non-hydrogen) atoms. The van der Waals surface area contributed by atoms with Gasteiger partial charge in [-0.2, -0.15) is 0 Å². The van der Waals surface area contributed by atoms with Gasteiger partial charge in [-0.3, -0.25) is 9.78 Å². The molecule has 1 saturated carbocycles. The Bertz CT molecular complexity index is 1320. The van der Waals surface area contributed by atoms with E-state index in [9.17, 15) is 4.79 Å². The lowest BCUT2D eigenvalue weighted by molar-refractivity contribution is 0.0946. The molecular formula is C29H29BrN4O2. The maximum Gasteiger partial charge on any atom is 0.272 e. The number of rotatable bonds is 8. The number of nitrogens with one attached hydrogen (secondary N) is 2. The molecular weight excluding hydrogens is 516 g/mol. The van der Waals surface area contributed by atoms with Crippen LogP contribution in [0.25, 0.3) is 10.9 Å². The summed E-state index contributed by atoms with van der Waals surface area (Å²) in [5, 5.41) is 7.53. The van der Waals surface area contributed by atoms with Crippen LogP contribution < -0.4 is 15.4 Å². The molecule has 1 aliphatic carbocycles. The number of pyridine rings is 2. The minimum Gasteiger partial charge on any atom is -0.489 e. The van der Waals surface area contributed by atoms with Gasteiger partial charge in [0.2, 0.25) is 0 Å². The number of carbonyl (C=O) groups excluding carboxylic acids is 1. The number of anilines is 1. The molecule has 5 rings (SSSR count). The molecule has 0 atom stereocenters. The summed E-state index contributed by atoms with van der Waals surface area (Å²) in [6.07, 6.45) is 7.58. The van der Waals surface area contributed by atoms with Crippen LogP contribution in [0.3, 0.4) is 0 Å². The van der Waals surface area contributed by atoms with Crippen LogP contribution in [0.15, 0.2) is 77.5 Å². The van der Waals surface area contributed by atoms with Gasteiger partial charge < -0.3 is 15.4 Å². The first-order chi connectivity index (χ1) is 17.7. The molecule has 2 aromatic heterocycles. The van der Waals surface area contributed by atoms with Crippen molar-refractivity contribution in [2.45, 2.75) is 51.3 Å². The predicted octanol–water partition coefficient (Wildman–Crippen LogP) is 6.65. The standard InChI is InChI=1S/C29H29BrN4O2/c30-28-24-12-7-17-31-25(24)26(33-22-10-5-2-6-11-22)27(34-28)29(35)32-18-20-13-15-23(16-14-20)36-19-21-8-3-1-4-9-21/h1,3-4,7-9,12-17,22,33H,2,5-6,10-11,18-19H2,(H,32,35). The summed E-state index contributed by atoms with van der Waals surface area (Å²) >= 11 is 3.54. The third-order valence-corrected chi connectivity index (χ3v) is 7.11. The van der Waals surface area contributed by atoms with Gasteiger partial charge in [-0.1, -0.05) is 61.7 Å². The normalized spacial score (nSPS) is 13.9. The van der Waals surface area contributed by atoms with Crippen molar-refractivity contribution >= 4 is 38.4 Å². The van der Waals surface area contributed by atoms with Gasteiger partial charge in [0, 0.05) is 24.2 Å². The first-order valence-corrected chi connectivity index (χ1v) is 13.2. The fourth-order valence-corrected chi connectivity index (χ4v) is 5.06. The zero-order valence-electron chi connectivity index (χ0n) is 20.0. The summed E-state index contributed by atoms with van der Waals surface area (Å²) in [5.74, 6) is 0.560. The number of carbonyl (C=O) groups is 1. The lowest BCUT2D eigenvalue weighted by Gasteiger charge is -2.25. The van der Waals surface area contributed by atoms with E-state index in [0.717, 1.165) is 40.6 Å². The Balaban J connectivity index is 1.29. The second-order valence-corrected chi connectivity index (χ2v) is 9.86. The molecule has 4 aromatic rings. The maximum absolute atomic E-state index is 13.3. The van der Waals surface area contributed by atoms with Gasteiger partial charge in [0.1, 0.15) is 17.0 Å². The summed E-state index contributed by atoms with van der Waals surface area (Å²) in [4.78, 5) is 22.5. The first kappa shape index (κ1) is 24.3. The topological polar surface area (TPSA) is 76.1 Å². The van der Waals surface area contributed by atoms with Crippen molar-refractivity contribution in [3.8, 4) is 5.75 Å². The molecule has 184 valence electrons. The molecule has 0 radical (unpaired) electrons. The number of nitrogens with zero attached hydrogens (tertiary/aromatic N) is 2. The molecule has 0 unspecified atom stereocenters. The highest BCUT2D eigenvalue weighted by molar-refractivity contribution is 9.10. The monoisotopic (exact) mass is 544 g/mol. The van der Waals surface area contributed by atoms with Crippen molar-refractivity contribution in [1.29, 1.82) is 0 Å². The van der Waals surface area contributed by atoms with Gasteiger partial charge >= 0.3 is 0 Å². The number of halogens is 1. The first-order valence-electron chi connectivity index (χ1n) is 12.4. The number of benzene rings is 2. The number of ether oxygens (including phenoxy) is 1. The number of amides is 1. The van der Waals surface area contributed by atoms with E-state index in [2.05, 4.69) is 36.5 Å². The molecule has 0 saturated heterocycles.